The Morgan fingerprint density at radius 3 is 2.31 bits per heavy atom. The van der Waals surface area contributed by atoms with Crippen molar-refractivity contribution < 1.29 is 9.11 Å². The number of nitrogens with zero attached hydrogens (tertiary/aromatic N) is 1. The molecule has 98 valence electrons. The fraction of sp³-hybridized carbons (Fsp3) is 0.889. The number of rotatable bonds is 4. The highest BCUT2D eigenvalue weighted by Gasteiger charge is 2.10. The van der Waals surface area contributed by atoms with Gasteiger partial charge in [-0.15, -0.1) is 0 Å². The van der Waals surface area contributed by atoms with Crippen molar-refractivity contribution in [2.24, 2.45) is 15.5 Å². The third-order valence-electron chi connectivity index (χ3n) is 1.87. The van der Waals surface area contributed by atoms with E-state index in [4.69, 9.17) is 14.2 Å². The summed E-state index contributed by atoms with van der Waals surface area (Å²) in [6.07, 6.45) is 2.06. The maximum absolute atomic E-state index is 8.99. The first-order chi connectivity index (χ1) is 7.14. The van der Waals surface area contributed by atoms with Crippen molar-refractivity contribution in [3.05, 3.63) is 0 Å². The van der Waals surface area contributed by atoms with Gasteiger partial charge in [0.25, 0.3) is 0 Å². The molecular formula is C9H24N4O2S. The second kappa shape index (κ2) is 6.29. The van der Waals surface area contributed by atoms with E-state index in [0.29, 0.717) is 17.9 Å². The zero-order chi connectivity index (χ0) is 12.8. The van der Waals surface area contributed by atoms with Gasteiger partial charge >= 0.3 is 0 Å². The van der Waals surface area contributed by atoms with Gasteiger partial charge in [0, 0.05) is 13.6 Å². The molecule has 0 aromatic rings. The fourth-order valence-electron chi connectivity index (χ4n) is 1.13. The number of guanidine groups is 1. The lowest BCUT2D eigenvalue weighted by Gasteiger charge is -2.28. The molecule has 16 heavy (non-hydrogen) atoms. The van der Waals surface area contributed by atoms with Crippen LogP contribution in [0.4, 0.5) is 0 Å². The van der Waals surface area contributed by atoms with E-state index >= 15 is 0 Å². The Bertz CT molecular complexity index is 233. The second-order valence-corrected chi connectivity index (χ2v) is 6.25. The van der Waals surface area contributed by atoms with Crippen LogP contribution >= 0.6 is 11.0 Å². The van der Waals surface area contributed by atoms with Crippen LogP contribution < -0.4 is 15.2 Å². The molecule has 0 aliphatic rings. The first-order valence-electron chi connectivity index (χ1n) is 5.18. The average molecular weight is 252 g/mol. The van der Waals surface area contributed by atoms with Crippen molar-refractivity contribution >= 4 is 16.9 Å². The van der Waals surface area contributed by atoms with Crippen molar-refractivity contribution in [1.29, 1.82) is 0 Å². The van der Waals surface area contributed by atoms with Gasteiger partial charge in [0.05, 0.1) is 0 Å². The maximum atomic E-state index is 8.99. The van der Waals surface area contributed by atoms with E-state index in [1.54, 1.807) is 7.05 Å². The molecule has 0 aliphatic heterocycles. The molecule has 0 fully saturated rings. The number of hydrogen-bond donors (Lipinski definition) is 5. The Hall–Kier alpha value is -0.500. The highest BCUT2D eigenvalue weighted by molar-refractivity contribution is 8.21. The monoisotopic (exact) mass is 252 g/mol. The van der Waals surface area contributed by atoms with Crippen molar-refractivity contribution in [2.45, 2.75) is 33.6 Å². The largest absolute Gasteiger partial charge is 0.355 e. The average Bonchev–Trinajstić information content (AvgIpc) is 2.06. The Morgan fingerprint density at radius 2 is 1.94 bits per heavy atom. The van der Waals surface area contributed by atoms with E-state index in [1.165, 1.54) is 0 Å². The molecule has 0 saturated heterocycles. The molecule has 0 aliphatic carbocycles. The summed E-state index contributed by atoms with van der Waals surface area (Å²) in [7, 11) is -1.70. The van der Waals surface area contributed by atoms with Crippen LogP contribution in [0.15, 0.2) is 4.99 Å². The summed E-state index contributed by atoms with van der Waals surface area (Å²) in [5.74, 6) is 0.302. The quantitative estimate of drug-likeness (QED) is 0.296. The number of aliphatic imine (C=N–C) groups is 1. The molecule has 0 atom stereocenters. The lowest BCUT2D eigenvalue weighted by molar-refractivity contribution is 0.365. The van der Waals surface area contributed by atoms with Crippen molar-refractivity contribution in [1.82, 2.24) is 10.0 Å². The number of nitrogens with one attached hydrogen (secondary N) is 2. The fourth-order valence-corrected chi connectivity index (χ4v) is 1.58. The second-order valence-electron chi connectivity index (χ2n) is 4.86. The summed E-state index contributed by atoms with van der Waals surface area (Å²) in [5, 5.41) is 8.01. The Balaban J connectivity index is 3.83. The van der Waals surface area contributed by atoms with Gasteiger partial charge in [-0.1, -0.05) is 31.7 Å². The number of hydrogen-bond acceptors (Lipinski definition) is 4. The van der Waals surface area contributed by atoms with E-state index in [1.807, 2.05) is 0 Å². The topological polar surface area (TPSA) is 103 Å². The summed E-state index contributed by atoms with van der Waals surface area (Å²) in [6, 6.07) is 0. The minimum Gasteiger partial charge on any atom is -0.355 e. The van der Waals surface area contributed by atoms with E-state index < -0.39 is 11.0 Å². The highest BCUT2D eigenvalue weighted by Crippen LogP contribution is 2.21. The van der Waals surface area contributed by atoms with Gasteiger partial charge in [0.2, 0.25) is 5.96 Å². The van der Waals surface area contributed by atoms with Gasteiger partial charge in [-0.05, 0) is 18.3 Å². The van der Waals surface area contributed by atoms with Crippen LogP contribution in [0.1, 0.15) is 33.6 Å². The van der Waals surface area contributed by atoms with Gasteiger partial charge in [0.1, 0.15) is 0 Å². The smallest absolute Gasteiger partial charge is 0.210 e. The standard InChI is InChI=1S/C9H24N4O2S/c1-9(2,3)6-5-7-12-8(11-4)13-16(10,14)15/h14-15H,5-7,10H2,1-4H3,(H2,11,12,13). The minimum absolute atomic E-state index is 0.301. The van der Waals surface area contributed by atoms with Crippen LogP contribution in [-0.4, -0.2) is 28.7 Å². The Kier molecular flexibility index (Phi) is 6.09. The molecule has 6 N–H and O–H groups in total. The van der Waals surface area contributed by atoms with Gasteiger partial charge < -0.3 is 5.32 Å². The van der Waals surface area contributed by atoms with Gasteiger partial charge in [-0.25, -0.2) is 9.86 Å². The first-order valence-corrected chi connectivity index (χ1v) is 6.79. The lowest BCUT2D eigenvalue weighted by Crippen LogP contribution is -2.41. The summed E-state index contributed by atoms with van der Waals surface area (Å²) < 4.78 is 20.3. The van der Waals surface area contributed by atoms with Crippen LogP contribution in [0.5, 0.6) is 0 Å². The van der Waals surface area contributed by atoms with Crippen LogP contribution in [0.3, 0.4) is 0 Å². The van der Waals surface area contributed by atoms with Crippen molar-refractivity contribution in [3.63, 3.8) is 0 Å². The summed E-state index contributed by atoms with van der Waals surface area (Å²) in [5.41, 5.74) is 0.301. The molecule has 7 heteroatoms. The third-order valence-corrected chi connectivity index (χ3v) is 2.36. The summed E-state index contributed by atoms with van der Waals surface area (Å²) >= 11 is 0. The normalized spacial score (nSPS) is 14.8. The molecule has 0 rings (SSSR count). The molecule has 0 amide bonds. The maximum Gasteiger partial charge on any atom is 0.210 e. The zero-order valence-corrected chi connectivity index (χ0v) is 11.3. The van der Waals surface area contributed by atoms with Crippen molar-refractivity contribution in [2.75, 3.05) is 13.6 Å². The first kappa shape index (κ1) is 15.5. The van der Waals surface area contributed by atoms with E-state index in [9.17, 15) is 0 Å². The Morgan fingerprint density at radius 1 is 1.38 bits per heavy atom. The Labute approximate surface area is 99.3 Å². The van der Waals surface area contributed by atoms with Crippen LogP contribution in [0.25, 0.3) is 0 Å². The molecule has 0 heterocycles. The lowest BCUT2D eigenvalue weighted by atomic mass is 9.91. The minimum atomic E-state index is -3.24. The van der Waals surface area contributed by atoms with E-state index in [-0.39, 0.29) is 0 Å². The van der Waals surface area contributed by atoms with Gasteiger partial charge in [0.15, 0.2) is 0 Å². The molecule has 0 aromatic heterocycles. The molecule has 6 nitrogen and oxygen atoms in total. The van der Waals surface area contributed by atoms with Crippen LogP contribution in [0, 0.1) is 5.41 Å². The van der Waals surface area contributed by atoms with Crippen molar-refractivity contribution in [3.8, 4) is 0 Å². The predicted octanol–water partition coefficient (Wildman–Crippen LogP) is 1.52. The zero-order valence-electron chi connectivity index (χ0n) is 10.4. The number of nitrogens with two attached hydrogens (primary N) is 1. The van der Waals surface area contributed by atoms with Gasteiger partial charge in [-0.2, -0.15) is 0 Å². The molecule has 0 saturated carbocycles. The predicted molar refractivity (Wildman–Crippen MR) is 70.2 cm³/mol. The van der Waals surface area contributed by atoms with Gasteiger partial charge in [-0.3, -0.25) is 14.1 Å². The molecule has 0 bridgehead atoms. The van der Waals surface area contributed by atoms with Crippen LogP contribution in [0.2, 0.25) is 0 Å². The van der Waals surface area contributed by atoms with E-state index in [2.05, 4.69) is 35.8 Å². The molecular weight excluding hydrogens is 228 g/mol. The molecule has 0 aromatic carbocycles. The third kappa shape index (κ3) is 10.0. The van der Waals surface area contributed by atoms with Crippen LogP contribution in [-0.2, 0) is 0 Å². The van der Waals surface area contributed by atoms with E-state index in [0.717, 1.165) is 12.8 Å². The highest BCUT2D eigenvalue weighted by atomic mass is 32.3. The molecule has 0 spiro atoms. The molecule has 0 radical (unpaired) electrons. The SMILES string of the molecule is CN=C(NCCCC(C)(C)C)NS(N)(O)O. The molecule has 0 unspecified atom stereocenters. The summed E-state index contributed by atoms with van der Waals surface area (Å²) in [4.78, 5) is 3.82. The summed E-state index contributed by atoms with van der Waals surface area (Å²) in [6.45, 7) is 7.25.